The molecule has 106 valence electrons. The van der Waals surface area contributed by atoms with Gasteiger partial charge < -0.3 is 5.11 Å². The average Bonchev–Trinajstić information content (AvgIpc) is 2.48. The van der Waals surface area contributed by atoms with Gasteiger partial charge in [0.2, 0.25) is 0 Å². The first-order valence-electron chi connectivity index (χ1n) is 7.60. The fourth-order valence-corrected chi connectivity index (χ4v) is 3.42. The van der Waals surface area contributed by atoms with Crippen LogP contribution < -0.4 is 0 Å². The molecule has 2 atom stereocenters. The van der Waals surface area contributed by atoms with E-state index in [-0.39, 0.29) is 6.10 Å². The standard InChI is InChI=1S/C18H23NO/c1-19(17-11-4-5-12-18(17)20)13-15-9-6-8-14-7-2-3-10-16(14)15/h2-3,6-10,17-18,20H,4-5,11-13H2,1H3. The van der Waals surface area contributed by atoms with Crippen LogP contribution in [0.4, 0.5) is 0 Å². The Morgan fingerprint density at radius 3 is 2.65 bits per heavy atom. The van der Waals surface area contributed by atoms with Gasteiger partial charge in [0.15, 0.2) is 0 Å². The average molecular weight is 269 g/mol. The van der Waals surface area contributed by atoms with Crippen LogP contribution >= 0.6 is 0 Å². The third-order valence-electron chi connectivity index (χ3n) is 4.56. The van der Waals surface area contributed by atoms with E-state index in [1.165, 1.54) is 29.2 Å². The smallest absolute Gasteiger partial charge is 0.0695 e. The molecule has 0 radical (unpaired) electrons. The van der Waals surface area contributed by atoms with Crippen molar-refractivity contribution in [2.75, 3.05) is 7.05 Å². The highest BCUT2D eigenvalue weighted by atomic mass is 16.3. The van der Waals surface area contributed by atoms with Crippen molar-refractivity contribution in [2.24, 2.45) is 0 Å². The summed E-state index contributed by atoms with van der Waals surface area (Å²) >= 11 is 0. The first-order chi connectivity index (χ1) is 9.75. The fourth-order valence-electron chi connectivity index (χ4n) is 3.42. The highest BCUT2D eigenvalue weighted by Gasteiger charge is 2.26. The molecule has 0 aromatic heterocycles. The molecule has 0 heterocycles. The lowest BCUT2D eigenvalue weighted by Gasteiger charge is -2.35. The van der Waals surface area contributed by atoms with E-state index in [4.69, 9.17) is 0 Å². The molecule has 0 bridgehead atoms. The summed E-state index contributed by atoms with van der Waals surface area (Å²) in [5, 5.41) is 12.8. The first kappa shape index (κ1) is 13.6. The summed E-state index contributed by atoms with van der Waals surface area (Å²) in [6.07, 6.45) is 4.30. The summed E-state index contributed by atoms with van der Waals surface area (Å²) < 4.78 is 0. The van der Waals surface area contributed by atoms with Crippen molar-refractivity contribution in [3.63, 3.8) is 0 Å². The van der Waals surface area contributed by atoms with Crippen LogP contribution in [0.25, 0.3) is 10.8 Å². The second-order valence-corrected chi connectivity index (χ2v) is 5.97. The Morgan fingerprint density at radius 1 is 1.05 bits per heavy atom. The zero-order valence-corrected chi connectivity index (χ0v) is 12.1. The second-order valence-electron chi connectivity index (χ2n) is 5.97. The van der Waals surface area contributed by atoms with Crippen LogP contribution in [0, 0.1) is 0 Å². The van der Waals surface area contributed by atoms with E-state index < -0.39 is 0 Å². The molecule has 2 unspecified atom stereocenters. The Hall–Kier alpha value is -1.38. The van der Waals surface area contributed by atoms with Gasteiger partial charge >= 0.3 is 0 Å². The summed E-state index contributed by atoms with van der Waals surface area (Å²) in [6, 6.07) is 15.3. The van der Waals surface area contributed by atoms with E-state index in [1.54, 1.807) is 0 Å². The SMILES string of the molecule is CN(Cc1cccc2ccccc12)C1CCCCC1O. The monoisotopic (exact) mass is 269 g/mol. The Morgan fingerprint density at radius 2 is 1.80 bits per heavy atom. The first-order valence-corrected chi connectivity index (χ1v) is 7.60. The zero-order chi connectivity index (χ0) is 13.9. The maximum Gasteiger partial charge on any atom is 0.0695 e. The largest absolute Gasteiger partial charge is 0.391 e. The lowest BCUT2D eigenvalue weighted by Crippen LogP contribution is -2.42. The second kappa shape index (κ2) is 5.94. The minimum absolute atomic E-state index is 0.163. The summed E-state index contributed by atoms with van der Waals surface area (Å²) in [5.74, 6) is 0. The molecule has 2 nitrogen and oxygen atoms in total. The number of nitrogens with zero attached hydrogens (tertiary/aromatic N) is 1. The van der Waals surface area contributed by atoms with Crippen LogP contribution in [-0.2, 0) is 6.54 Å². The molecule has 0 saturated heterocycles. The van der Waals surface area contributed by atoms with E-state index in [2.05, 4.69) is 54.4 Å². The predicted octanol–water partition coefficient (Wildman–Crippen LogP) is 3.58. The number of hydrogen-bond donors (Lipinski definition) is 1. The summed E-state index contributed by atoms with van der Waals surface area (Å²) in [5.41, 5.74) is 1.35. The minimum atomic E-state index is -0.163. The van der Waals surface area contributed by atoms with Crippen molar-refractivity contribution in [2.45, 2.75) is 44.4 Å². The number of aliphatic hydroxyl groups excluding tert-OH is 1. The van der Waals surface area contributed by atoms with Crippen molar-refractivity contribution < 1.29 is 5.11 Å². The highest BCUT2D eigenvalue weighted by Crippen LogP contribution is 2.25. The van der Waals surface area contributed by atoms with Gasteiger partial charge in [-0.15, -0.1) is 0 Å². The normalized spacial score (nSPS) is 23.4. The lowest BCUT2D eigenvalue weighted by atomic mass is 9.91. The minimum Gasteiger partial charge on any atom is -0.391 e. The number of aliphatic hydroxyl groups is 1. The van der Waals surface area contributed by atoms with Crippen molar-refractivity contribution in [3.8, 4) is 0 Å². The zero-order valence-electron chi connectivity index (χ0n) is 12.1. The van der Waals surface area contributed by atoms with E-state index in [9.17, 15) is 5.11 Å². The molecule has 1 aliphatic rings. The van der Waals surface area contributed by atoms with Crippen LogP contribution in [0.5, 0.6) is 0 Å². The molecule has 1 fully saturated rings. The van der Waals surface area contributed by atoms with Crippen LogP contribution in [-0.4, -0.2) is 29.2 Å². The molecule has 2 aromatic rings. The van der Waals surface area contributed by atoms with Gasteiger partial charge in [-0.05, 0) is 36.2 Å². The molecule has 0 aliphatic heterocycles. The van der Waals surface area contributed by atoms with Crippen molar-refractivity contribution >= 4 is 10.8 Å². The van der Waals surface area contributed by atoms with Gasteiger partial charge in [0.1, 0.15) is 0 Å². The number of hydrogen-bond acceptors (Lipinski definition) is 2. The van der Waals surface area contributed by atoms with Crippen LogP contribution in [0.2, 0.25) is 0 Å². The summed E-state index contributed by atoms with van der Waals surface area (Å²) in [4.78, 5) is 2.33. The van der Waals surface area contributed by atoms with Gasteiger partial charge in [0.05, 0.1) is 6.10 Å². The maximum atomic E-state index is 10.2. The third-order valence-corrected chi connectivity index (χ3v) is 4.56. The molecular formula is C18H23NO. The van der Waals surface area contributed by atoms with Crippen LogP contribution in [0.1, 0.15) is 31.2 Å². The van der Waals surface area contributed by atoms with Crippen molar-refractivity contribution in [1.29, 1.82) is 0 Å². The Labute approximate surface area is 121 Å². The predicted molar refractivity (Wildman–Crippen MR) is 83.7 cm³/mol. The molecule has 20 heavy (non-hydrogen) atoms. The van der Waals surface area contributed by atoms with Crippen LogP contribution in [0.15, 0.2) is 42.5 Å². The molecule has 2 aromatic carbocycles. The number of likely N-dealkylation sites (N-methyl/N-ethyl adjacent to an activating group) is 1. The molecule has 0 amide bonds. The van der Waals surface area contributed by atoms with E-state index in [0.717, 1.165) is 19.4 Å². The van der Waals surface area contributed by atoms with Crippen molar-refractivity contribution in [1.82, 2.24) is 4.90 Å². The van der Waals surface area contributed by atoms with E-state index >= 15 is 0 Å². The van der Waals surface area contributed by atoms with E-state index in [1.807, 2.05) is 0 Å². The molecular weight excluding hydrogens is 246 g/mol. The van der Waals surface area contributed by atoms with Gasteiger partial charge in [-0.3, -0.25) is 4.90 Å². The number of rotatable bonds is 3. The molecule has 1 N–H and O–H groups in total. The van der Waals surface area contributed by atoms with Crippen LogP contribution in [0.3, 0.4) is 0 Å². The van der Waals surface area contributed by atoms with Gasteiger partial charge in [-0.2, -0.15) is 0 Å². The molecule has 1 saturated carbocycles. The Bertz CT molecular complexity index is 575. The fraction of sp³-hybridized carbons (Fsp3) is 0.444. The van der Waals surface area contributed by atoms with Crippen molar-refractivity contribution in [3.05, 3.63) is 48.0 Å². The Balaban J connectivity index is 1.82. The summed E-state index contributed by atoms with van der Waals surface area (Å²) in [7, 11) is 2.14. The quantitative estimate of drug-likeness (QED) is 0.920. The van der Waals surface area contributed by atoms with Gasteiger partial charge in [0, 0.05) is 12.6 Å². The molecule has 2 heteroatoms. The topological polar surface area (TPSA) is 23.5 Å². The summed E-state index contributed by atoms with van der Waals surface area (Å²) in [6.45, 7) is 0.906. The molecule has 1 aliphatic carbocycles. The van der Waals surface area contributed by atoms with Gasteiger partial charge in [-0.25, -0.2) is 0 Å². The number of fused-ring (bicyclic) bond motifs is 1. The van der Waals surface area contributed by atoms with E-state index in [0.29, 0.717) is 6.04 Å². The Kier molecular flexibility index (Phi) is 4.04. The van der Waals surface area contributed by atoms with Gasteiger partial charge in [0.25, 0.3) is 0 Å². The highest BCUT2D eigenvalue weighted by molar-refractivity contribution is 5.85. The molecule has 0 spiro atoms. The van der Waals surface area contributed by atoms with Gasteiger partial charge in [-0.1, -0.05) is 55.3 Å². The number of benzene rings is 2. The lowest BCUT2D eigenvalue weighted by molar-refractivity contribution is 0.0290. The molecule has 3 rings (SSSR count). The third kappa shape index (κ3) is 2.72. The maximum absolute atomic E-state index is 10.2.